The lowest BCUT2D eigenvalue weighted by molar-refractivity contribution is 0.426. The maximum Gasteiger partial charge on any atom is 0.488 e. The topological polar surface area (TPSA) is 40.5 Å². The Morgan fingerprint density at radius 1 is 0.522 bits per heavy atom. The van der Waals surface area contributed by atoms with Crippen molar-refractivity contribution in [2.45, 2.75) is 0 Å². The summed E-state index contributed by atoms with van der Waals surface area (Å²) in [4.78, 5) is 0. The van der Waals surface area contributed by atoms with E-state index in [4.69, 9.17) is 0 Å². The van der Waals surface area contributed by atoms with Gasteiger partial charge in [0.2, 0.25) is 0 Å². The van der Waals surface area contributed by atoms with Crippen LogP contribution < -0.4 is 5.46 Å². The van der Waals surface area contributed by atoms with Crippen LogP contribution in [0.5, 0.6) is 0 Å². The van der Waals surface area contributed by atoms with Crippen LogP contribution in [0.15, 0.2) is 78.9 Å². The molecule has 0 fully saturated rings. The third-order valence-electron chi connectivity index (χ3n) is 4.22. The molecule has 0 heterocycles. The molecule has 4 aromatic carbocycles. The van der Waals surface area contributed by atoms with Crippen molar-refractivity contribution >= 4 is 34.1 Å². The Labute approximate surface area is 134 Å². The second-order valence-electron chi connectivity index (χ2n) is 5.76. The van der Waals surface area contributed by atoms with Crippen molar-refractivity contribution in [2.75, 3.05) is 0 Å². The predicted octanol–water partition coefficient (Wildman–Crippen LogP) is 3.34. The van der Waals surface area contributed by atoms with Crippen LogP contribution >= 0.6 is 0 Å². The van der Waals surface area contributed by atoms with Crippen molar-refractivity contribution in [3.05, 3.63) is 78.9 Å². The first-order valence-corrected chi connectivity index (χ1v) is 7.60. The van der Waals surface area contributed by atoms with Gasteiger partial charge in [-0.05, 0) is 56.3 Å². The fraction of sp³-hybridized carbons (Fsp3) is 0. The van der Waals surface area contributed by atoms with Crippen LogP contribution in [-0.2, 0) is 0 Å². The van der Waals surface area contributed by atoms with Crippen molar-refractivity contribution in [1.29, 1.82) is 0 Å². The first-order chi connectivity index (χ1) is 11.2. The fourth-order valence-electron chi connectivity index (χ4n) is 3.00. The minimum atomic E-state index is -1.45. The molecule has 0 saturated carbocycles. The Morgan fingerprint density at radius 3 is 1.91 bits per heavy atom. The molecular weight excluding hydrogens is 283 g/mol. The summed E-state index contributed by atoms with van der Waals surface area (Å²) in [6, 6.07) is 26.4. The molecule has 0 aromatic heterocycles. The summed E-state index contributed by atoms with van der Waals surface area (Å²) >= 11 is 0. The van der Waals surface area contributed by atoms with Crippen LogP contribution in [0.4, 0.5) is 0 Å². The average molecular weight is 298 g/mol. The van der Waals surface area contributed by atoms with Gasteiger partial charge in [0, 0.05) is 0 Å². The first kappa shape index (κ1) is 14.0. The highest BCUT2D eigenvalue weighted by Crippen LogP contribution is 2.27. The summed E-state index contributed by atoms with van der Waals surface area (Å²) in [6.45, 7) is 0. The summed E-state index contributed by atoms with van der Waals surface area (Å²) in [5.41, 5.74) is 2.54. The van der Waals surface area contributed by atoms with Gasteiger partial charge in [0.1, 0.15) is 0 Å². The Balaban J connectivity index is 1.88. The van der Waals surface area contributed by atoms with Crippen LogP contribution in [0.2, 0.25) is 0 Å². The van der Waals surface area contributed by atoms with Gasteiger partial charge < -0.3 is 10.0 Å². The normalized spacial score (nSPS) is 11.0. The van der Waals surface area contributed by atoms with Crippen LogP contribution in [-0.4, -0.2) is 17.2 Å². The zero-order valence-electron chi connectivity index (χ0n) is 12.5. The van der Waals surface area contributed by atoms with Crippen LogP contribution in [0.3, 0.4) is 0 Å². The quantitative estimate of drug-likeness (QED) is 0.440. The molecule has 0 aliphatic carbocycles. The van der Waals surface area contributed by atoms with Gasteiger partial charge in [-0.1, -0.05) is 60.7 Å². The summed E-state index contributed by atoms with van der Waals surface area (Å²) in [7, 11) is -1.45. The lowest BCUT2D eigenvalue weighted by Gasteiger charge is -2.08. The van der Waals surface area contributed by atoms with Gasteiger partial charge in [-0.2, -0.15) is 0 Å². The molecule has 4 aromatic rings. The van der Waals surface area contributed by atoms with Crippen molar-refractivity contribution < 1.29 is 10.0 Å². The van der Waals surface area contributed by atoms with E-state index in [1.165, 1.54) is 21.5 Å². The summed E-state index contributed by atoms with van der Waals surface area (Å²) in [5, 5.41) is 23.5. The van der Waals surface area contributed by atoms with E-state index >= 15 is 0 Å². The minimum absolute atomic E-state index is 0.501. The molecule has 0 bridgehead atoms. The molecule has 0 aliphatic rings. The maximum atomic E-state index is 9.34. The van der Waals surface area contributed by atoms with Crippen molar-refractivity contribution in [2.24, 2.45) is 0 Å². The minimum Gasteiger partial charge on any atom is -0.423 e. The van der Waals surface area contributed by atoms with Crippen molar-refractivity contribution in [1.82, 2.24) is 0 Å². The average Bonchev–Trinajstić information content (AvgIpc) is 2.59. The Morgan fingerprint density at radius 2 is 1.17 bits per heavy atom. The Bertz CT molecular complexity index is 1010. The fourth-order valence-corrected chi connectivity index (χ4v) is 3.00. The summed E-state index contributed by atoms with van der Waals surface area (Å²) in [5.74, 6) is 0. The van der Waals surface area contributed by atoms with Crippen LogP contribution in [0, 0.1) is 0 Å². The molecule has 0 radical (unpaired) electrons. The standard InChI is InChI=1S/C20H15BO2/c22-21(23)20-7-3-6-16(13-20)17-8-9-18-10-14-4-1-2-5-15(14)11-19(18)12-17/h1-13,22-23H. The number of fused-ring (bicyclic) bond motifs is 2. The lowest BCUT2D eigenvalue weighted by atomic mass is 9.79. The molecule has 0 saturated heterocycles. The molecule has 0 atom stereocenters. The molecule has 3 heteroatoms. The van der Waals surface area contributed by atoms with E-state index < -0.39 is 7.12 Å². The summed E-state index contributed by atoms with van der Waals surface area (Å²) in [6.07, 6.45) is 0. The molecule has 0 unspecified atom stereocenters. The molecule has 4 rings (SSSR count). The largest absolute Gasteiger partial charge is 0.488 e. The predicted molar refractivity (Wildman–Crippen MR) is 96.7 cm³/mol. The summed E-state index contributed by atoms with van der Waals surface area (Å²) < 4.78 is 0. The van der Waals surface area contributed by atoms with E-state index in [-0.39, 0.29) is 0 Å². The first-order valence-electron chi connectivity index (χ1n) is 7.60. The number of hydrogen-bond donors (Lipinski definition) is 2. The van der Waals surface area contributed by atoms with E-state index in [0.29, 0.717) is 5.46 Å². The molecule has 0 spiro atoms. The Hall–Kier alpha value is -2.62. The number of hydrogen-bond acceptors (Lipinski definition) is 2. The lowest BCUT2D eigenvalue weighted by Crippen LogP contribution is -2.29. The number of rotatable bonds is 2. The second kappa shape index (κ2) is 5.54. The van der Waals surface area contributed by atoms with Gasteiger partial charge in [0.05, 0.1) is 0 Å². The molecular formula is C20H15BO2. The van der Waals surface area contributed by atoms with Gasteiger partial charge >= 0.3 is 7.12 Å². The SMILES string of the molecule is OB(O)c1cccc(-c2ccc3cc4ccccc4cc3c2)c1. The monoisotopic (exact) mass is 298 g/mol. The van der Waals surface area contributed by atoms with Gasteiger partial charge in [-0.3, -0.25) is 0 Å². The highest BCUT2D eigenvalue weighted by atomic mass is 16.4. The Kier molecular flexibility index (Phi) is 3.38. The highest BCUT2D eigenvalue weighted by Gasteiger charge is 2.11. The van der Waals surface area contributed by atoms with E-state index in [0.717, 1.165) is 11.1 Å². The third-order valence-corrected chi connectivity index (χ3v) is 4.22. The third kappa shape index (κ3) is 2.61. The van der Waals surface area contributed by atoms with Gasteiger partial charge in [-0.15, -0.1) is 0 Å². The smallest absolute Gasteiger partial charge is 0.423 e. The maximum absolute atomic E-state index is 9.34. The van der Waals surface area contributed by atoms with Crippen LogP contribution in [0.1, 0.15) is 0 Å². The molecule has 2 nitrogen and oxygen atoms in total. The van der Waals surface area contributed by atoms with E-state index in [9.17, 15) is 10.0 Å². The van der Waals surface area contributed by atoms with E-state index in [1.54, 1.807) is 6.07 Å². The second-order valence-corrected chi connectivity index (χ2v) is 5.76. The van der Waals surface area contributed by atoms with Gasteiger partial charge in [0.25, 0.3) is 0 Å². The highest BCUT2D eigenvalue weighted by molar-refractivity contribution is 6.58. The number of benzene rings is 4. The van der Waals surface area contributed by atoms with Gasteiger partial charge in [-0.25, -0.2) is 0 Å². The zero-order valence-corrected chi connectivity index (χ0v) is 12.5. The van der Waals surface area contributed by atoms with E-state index in [2.05, 4.69) is 42.5 Å². The molecule has 2 N–H and O–H groups in total. The molecule has 0 amide bonds. The molecule has 0 aliphatic heterocycles. The van der Waals surface area contributed by atoms with Crippen molar-refractivity contribution in [3.8, 4) is 11.1 Å². The molecule has 23 heavy (non-hydrogen) atoms. The zero-order chi connectivity index (χ0) is 15.8. The van der Waals surface area contributed by atoms with Gasteiger partial charge in [0.15, 0.2) is 0 Å². The van der Waals surface area contributed by atoms with E-state index in [1.807, 2.05) is 30.3 Å². The van der Waals surface area contributed by atoms with Crippen molar-refractivity contribution in [3.63, 3.8) is 0 Å². The molecule has 110 valence electrons. The van der Waals surface area contributed by atoms with Crippen LogP contribution in [0.25, 0.3) is 32.7 Å².